The summed E-state index contributed by atoms with van der Waals surface area (Å²) in [6, 6.07) is 5.52. The predicted octanol–water partition coefficient (Wildman–Crippen LogP) is 2.79. The van der Waals surface area contributed by atoms with Gasteiger partial charge in [0.15, 0.2) is 5.78 Å². The Morgan fingerprint density at radius 1 is 1.42 bits per heavy atom. The molecule has 0 N–H and O–H groups in total. The van der Waals surface area contributed by atoms with Crippen molar-refractivity contribution in [3.8, 4) is 0 Å². The van der Waals surface area contributed by atoms with Gasteiger partial charge in [-0.1, -0.05) is 15.9 Å². The molecular weight excluding hydrogens is 223 g/mol. The molecule has 1 atom stereocenters. The number of hydrogen-bond donors (Lipinski definition) is 0. The fraction of sp³-hybridized carbons (Fsp3) is 0.222. The van der Waals surface area contributed by atoms with Gasteiger partial charge in [0.25, 0.3) is 0 Å². The van der Waals surface area contributed by atoms with Crippen LogP contribution in [0.5, 0.6) is 0 Å². The minimum absolute atomic E-state index is 0.0324. The molecule has 1 rings (SSSR count). The van der Waals surface area contributed by atoms with Crippen molar-refractivity contribution in [2.45, 2.75) is 11.8 Å². The van der Waals surface area contributed by atoms with Gasteiger partial charge in [-0.25, -0.2) is 4.39 Å². The highest BCUT2D eigenvalue weighted by atomic mass is 79.9. The molecule has 0 amide bonds. The van der Waals surface area contributed by atoms with Crippen LogP contribution in [0.2, 0.25) is 0 Å². The van der Waals surface area contributed by atoms with E-state index >= 15 is 0 Å². The fourth-order valence-electron chi connectivity index (χ4n) is 0.844. The van der Waals surface area contributed by atoms with Crippen molar-refractivity contribution in [1.29, 1.82) is 0 Å². The number of alkyl halides is 1. The van der Waals surface area contributed by atoms with Gasteiger partial charge in [0, 0.05) is 5.56 Å². The highest BCUT2D eigenvalue weighted by molar-refractivity contribution is 9.10. The summed E-state index contributed by atoms with van der Waals surface area (Å²) in [5, 5.41) is 0. The minimum Gasteiger partial charge on any atom is -0.293 e. The predicted molar refractivity (Wildman–Crippen MR) is 49.1 cm³/mol. The zero-order valence-corrected chi connectivity index (χ0v) is 8.14. The molecule has 1 aromatic rings. The lowest BCUT2D eigenvalue weighted by atomic mass is 10.1. The van der Waals surface area contributed by atoms with Crippen LogP contribution in [-0.4, -0.2) is 10.6 Å². The van der Waals surface area contributed by atoms with E-state index < -0.39 is 0 Å². The van der Waals surface area contributed by atoms with Gasteiger partial charge in [0.1, 0.15) is 5.82 Å². The molecule has 12 heavy (non-hydrogen) atoms. The highest BCUT2D eigenvalue weighted by Crippen LogP contribution is 2.10. The number of carbonyl (C=O) groups excluding carboxylic acids is 1. The van der Waals surface area contributed by atoms with E-state index in [2.05, 4.69) is 15.9 Å². The molecule has 0 unspecified atom stereocenters. The van der Waals surface area contributed by atoms with Crippen LogP contribution in [0.25, 0.3) is 0 Å². The first kappa shape index (κ1) is 9.39. The SMILES string of the molecule is C[C@H](Br)C(=O)c1ccc(F)cc1. The van der Waals surface area contributed by atoms with Gasteiger partial charge in [0.2, 0.25) is 0 Å². The van der Waals surface area contributed by atoms with Gasteiger partial charge in [0.05, 0.1) is 4.83 Å². The average Bonchev–Trinajstić information content (AvgIpc) is 2.04. The van der Waals surface area contributed by atoms with E-state index in [1.807, 2.05) is 0 Å². The molecule has 64 valence electrons. The Morgan fingerprint density at radius 3 is 2.33 bits per heavy atom. The molecule has 0 fully saturated rings. The monoisotopic (exact) mass is 230 g/mol. The molecule has 0 spiro atoms. The smallest absolute Gasteiger partial charge is 0.176 e. The van der Waals surface area contributed by atoms with Crippen molar-refractivity contribution < 1.29 is 9.18 Å². The number of benzene rings is 1. The Bertz CT molecular complexity index is 279. The molecule has 0 aliphatic heterocycles. The third-order valence-electron chi connectivity index (χ3n) is 1.49. The van der Waals surface area contributed by atoms with Crippen molar-refractivity contribution in [3.05, 3.63) is 35.6 Å². The van der Waals surface area contributed by atoms with Crippen molar-refractivity contribution in [2.75, 3.05) is 0 Å². The zero-order chi connectivity index (χ0) is 9.14. The number of halogens is 2. The van der Waals surface area contributed by atoms with Crippen molar-refractivity contribution in [2.24, 2.45) is 0 Å². The maximum absolute atomic E-state index is 12.4. The lowest BCUT2D eigenvalue weighted by Crippen LogP contribution is -2.09. The highest BCUT2D eigenvalue weighted by Gasteiger charge is 2.10. The Morgan fingerprint density at radius 2 is 1.92 bits per heavy atom. The van der Waals surface area contributed by atoms with Crippen LogP contribution in [0, 0.1) is 5.82 Å². The Labute approximate surface area is 78.7 Å². The summed E-state index contributed by atoms with van der Waals surface area (Å²) in [6.45, 7) is 1.74. The summed E-state index contributed by atoms with van der Waals surface area (Å²) in [7, 11) is 0. The maximum Gasteiger partial charge on any atom is 0.176 e. The van der Waals surface area contributed by atoms with Crippen LogP contribution in [0.1, 0.15) is 17.3 Å². The Hall–Kier alpha value is -0.700. The third-order valence-corrected chi connectivity index (χ3v) is 1.91. The second-order valence-corrected chi connectivity index (χ2v) is 3.86. The van der Waals surface area contributed by atoms with Gasteiger partial charge < -0.3 is 0 Å². The van der Waals surface area contributed by atoms with Gasteiger partial charge in [-0.15, -0.1) is 0 Å². The summed E-state index contributed by atoms with van der Waals surface area (Å²) < 4.78 is 12.4. The van der Waals surface area contributed by atoms with Crippen molar-refractivity contribution in [1.82, 2.24) is 0 Å². The summed E-state index contributed by atoms with van der Waals surface area (Å²) in [4.78, 5) is 11.1. The molecule has 0 bridgehead atoms. The Kier molecular flexibility index (Phi) is 2.98. The average molecular weight is 231 g/mol. The van der Waals surface area contributed by atoms with E-state index in [0.717, 1.165) is 0 Å². The quantitative estimate of drug-likeness (QED) is 0.565. The van der Waals surface area contributed by atoms with Gasteiger partial charge in [-0.2, -0.15) is 0 Å². The standard InChI is InChI=1S/C9H8BrFO/c1-6(10)9(12)7-2-4-8(11)5-3-7/h2-6H,1H3/t6-/m0/s1. The van der Waals surface area contributed by atoms with Crippen LogP contribution in [0.3, 0.4) is 0 Å². The van der Waals surface area contributed by atoms with E-state index in [9.17, 15) is 9.18 Å². The lowest BCUT2D eigenvalue weighted by molar-refractivity contribution is 0.0996. The van der Waals surface area contributed by atoms with Gasteiger partial charge in [-0.05, 0) is 31.2 Å². The largest absolute Gasteiger partial charge is 0.293 e. The van der Waals surface area contributed by atoms with Gasteiger partial charge in [-0.3, -0.25) is 4.79 Å². The van der Waals surface area contributed by atoms with Crippen LogP contribution in [0.4, 0.5) is 4.39 Å². The molecule has 0 radical (unpaired) electrons. The molecular formula is C9H8BrFO. The topological polar surface area (TPSA) is 17.1 Å². The molecule has 0 saturated heterocycles. The second-order valence-electron chi connectivity index (χ2n) is 2.49. The molecule has 1 aromatic carbocycles. The summed E-state index contributed by atoms with van der Waals surface area (Å²) in [5.74, 6) is -0.358. The number of carbonyl (C=O) groups is 1. The summed E-state index contributed by atoms with van der Waals surface area (Å²) in [6.07, 6.45) is 0. The molecule has 1 nitrogen and oxygen atoms in total. The van der Waals surface area contributed by atoms with Crippen LogP contribution >= 0.6 is 15.9 Å². The van der Waals surface area contributed by atoms with E-state index in [4.69, 9.17) is 0 Å². The number of Topliss-reactive ketones (excluding diaryl/α,β-unsaturated/α-hetero) is 1. The van der Waals surface area contributed by atoms with Crippen molar-refractivity contribution >= 4 is 21.7 Å². The molecule has 3 heteroatoms. The van der Waals surface area contributed by atoms with Crippen LogP contribution < -0.4 is 0 Å². The summed E-state index contributed by atoms with van der Waals surface area (Å²) in [5.41, 5.74) is 0.528. The molecule has 0 heterocycles. The van der Waals surface area contributed by atoms with Crippen LogP contribution in [0.15, 0.2) is 24.3 Å². The first-order valence-electron chi connectivity index (χ1n) is 3.55. The normalized spacial score (nSPS) is 12.6. The third kappa shape index (κ3) is 2.14. The molecule has 0 aliphatic rings. The lowest BCUT2D eigenvalue weighted by Gasteiger charge is -2.01. The van der Waals surface area contributed by atoms with E-state index in [1.54, 1.807) is 6.92 Å². The minimum atomic E-state index is -0.325. The molecule has 0 saturated carbocycles. The van der Waals surface area contributed by atoms with Gasteiger partial charge >= 0.3 is 0 Å². The maximum atomic E-state index is 12.4. The summed E-state index contributed by atoms with van der Waals surface area (Å²) >= 11 is 3.15. The number of rotatable bonds is 2. The molecule has 0 aromatic heterocycles. The number of hydrogen-bond acceptors (Lipinski definition) is 1. The fourth-order valence-corrected chi connectivity index (χ4v) is 1.11. The second kappa shape index (κ2) is 3.81. The first-order chi connectivity index (χ1) is 5.61. The molecule has 0 aliphatic carbocycles. The number of ketones is 1. The zero-order valence-electron chi connectivity index (χ0n) is 6.55. The van der Waals surface area contributed by atoms with E-state index in [-0.39, 0.29) is 16.4 Å². The van der Waals surface area contributed by atoms with E-state index in [1.165, 1.54) is 24.3 Å². The van der Waals surface area contributed by atoms with E-state index in [0.29, 0.717) is 5.56 Å². The first-order valence-corrected chi connectivity index (χ1v) is 4.46. The Balaban J connectivity index is 2.90. The van der Waals surface area contributed by atoms with Crippen molar-refractivity contribution in [3.63, 3.8) is 0 Å². The van der Waals surface area contributed by atoms with Crippen LogP contribution in [-0.2, 0) is 0 Å².